The van der Waals surface area contributed by atoms with Crippen LogP contribution >= 0.6 is 0 Å². The van der Waals surface area contributed by atoms with Gasteiger partial charge in [-0.25, -0.2) is 0 Å². The molecule has 2 aromatic heterocycles. The lowest BCUT2D eigenvalue weighted by Gasteiger charge is -2.11. The summed E-state index contributed by atoms with van der Waals surface area (Å²) in [5.41, 5.74) is 16.7. The van der Waals surface area contributed by atoms with Crippen LogP contribution in [0.4, 0.5) is 5.69 Å². The van der Waals surface area contributed by atoms with E-state index in [1.54, 1.807) is 0 Å². The second kappa shape index (κ2) is 13.4. The molecule has 0 saturated carbocycles. The van der Waals surface area contributed by atoms with Crippen LogP contribution in [0.15, 0.2) is 216 Å². The minimum atomic E-state index is 0.706. The predicted octanol–water partition coefficient (Wildman–Crippen LogP) is 15.1. The van der Waals surface area contributed by atoms with Gasteiger partial charge in [-0.15, -0.1) is 0 Å². The minimum Gasteiger partial charge on any atom is -0.456 e. The normalized spacial score (nSPS) is 12.9. The van der Waals surface area contributed by atoms with Gasteiger partial charge < -0.3 is 8.98 Å². The van der Waals surface area contributed by atoms with Gasteiger partial charge in [-0.2, -0.15) is 0 Å². The van der Waals surface area contributed by atoms with Crippen LogP contribution in [0.1, 0.15) is 23.1 Å². The van der Waals surface area contributed by atoms with Crippen molar-refractivity contribution >= 4 is 71.5 Å². The fraction of sp³-hybridized carbons (Fsp3) is 0.0179. The van der Waals surface area contributed by atoms with Gasteiger partial charge in [-0.1, -0.05) is 158 Å². The molecule has 0 unspecified atom stereocenters. The Morgan fingerprint density at radius 3 is 1.98 bits per heavy atom. The molecule has 276 valence electrons. The van der Waals surface area contributed by atoms with E-state index in [1.165, 1.54) is 54.8 Å². The molecule has 0 amide bonds. The molecule has 11 aromatic rings. The maximum Gasteiger partial charge on any atom is 0.136 e. The molecule has 59 heavy (non-hydrogen) atoms. The lowest BCUT2D eigenvalue weighted by Crippen LogP contribution is -1.98. The second-order valence-corrected chi connectivity index (χ2v) is 15.4. The summed E-state index contributed by atoms with van der Waals surface area (Å²) in [6.45, 7) is 0. The standard InChI is InChI=1S/C56H36N2O/c1-3-12-36(13-4-1)37-22-24-39(25-23-37)50-31-30-44(45-18-9-10-20-51(45)57-50)46-19-11-21-54-55(46)49-35-41(28-33-53(49)59-54)40-27-32-52-48(34-40)47-29-26-38-14-7-8-17-43(38)56(47)58(52)42-15-5-2-6-16-42/h1-30,32-35H,31H2. The molecule has 3 heteroatoms. The molecule has 3 nitrogen and oxygen atoms in total. The van der Waals surface area contributed by atoms with E-state index in [2.05, 4.69) is 211 Å². The molecule has 0 fully saturated rings. The second-order valence-electron chi connectivity index (χ2n) is 15.4. The number of rotatable bonds is 5. The average Bonchev–Trinajstić information content (AvgIpc) is 3.78. The van der Waals surface area contributed by atoms with E-state index in [1.807, 2.05) is 0 Å². The number of fused-ring (bicyclic) bond motifs is 9. The third-order valence-corrected chi connectivity index (χ3v) is 12.1. The average molecular weight is 753 g/mol. The van der Waals surface area contributed by atoms with Crippen LogP contribution in [0.2, 0.25) is 0 Å². The van der Waals surface area contributed by atoms with Crippen molar-refractivity contribution in [3.63, 3.8) is 0 Å². The van der Waals surface area contributed by atoms with Crippen molar-refractivity contribution in [2.45, 2.75) is 6.42 Å². The van der Waals surface area contributed by atoms with E-state index < -0.39 is 0 Å². The molecule has 0 atom stereocenters. The highest BCUT2D eigenvalue weighted by atomic mass is 16.3. The number of hydrogen-bond acceptors (Lipinski definition) is 2. The number of nitrogens with zero attached hydrogens (tertiary/aromatic N) is 2. The van der Waals surface area contributed by atoms with Crippen molar-refractivity contribution in [3.05, 3.63) is 223 Å². The quantitative estimate of drug-likeness (QED) is 0.172. The summed E-state index contributed by atoms with van der Waals surface area (Å²) in [6.07, 6.45) is 3.06. The third kappa shape index (κ3) is 5.47. The van der Waals surface area contributed by atoms with Crippen LogP contribution in [0.3, 0.4) is 0 Å². The monoisotopic (exact) mass is 752 g/mol. The van der Waals surface area contributed by atoms with Crippen LogP contribution in [-0.4, -0.2) is 10.3 Å². The van der Waals surface area contributed by atoms with E-state index >= 15 is 0 Å². The zero-order valence-corrected chi connectivity index (χ0v) is 32.1. The first-order valence-corrected chi connectivity index (χ1v) is 20.3. The molecule has 0 spiro atoms. The van der Waals surface area contributed by atoms with Gasteiger partial charge in [-0.05, 0) is 92.9 Å². The van der Waals surface area contributed by atoms with Crippen molar-refractivity contribution in [2.75, 3.05) is 0 Å². The zero-order chi connectivity index (χ0) is 38.9. The summed E-state index contributed by atoms with van der Waals surface area (Å²) in [5, 5.41) is 7.18. The molecule has 3 heterocycles. The van der Waals surface area contributed by atoms with E-state index in [-0.39, 0.29) is 0 Å². The van der Waals surface area contributed by atoms with Crippen LogP contribution in [-0.2, 0) is 0 Å². The lowest BCUT2D eigenvalue weighted by atomic mass is 9.91. The summed E-state index contributed by atoms with van der Waals surface area (Å²) in [4.78, 5) is 5.29. The Balaban J connectivity index is 0.986. The van der Waals surface area contributed by atoms with E-state index in [4.69, 9.17) is 9.41 Å². The summed E-state index contributed by atoms with van der Waals surface area (Å²) < 4.78 is 9.01. The summed E-state index contributed by atoms with van der Waals surface area (Å²) in [6, 6.07) is 71.8. The highest BCUT2D eigenvalue weighted by Gasteiger charge is 2.21. The molecule has 0 bridgehead atoms. The number of allylic oxidation sites excluding steroid dienone is 1. The fourth-order valence-corrected chi connectivity index (χ4v) is 9.26. The summed E-state index contributed by atoms with van der Waals surface area (Å²) in [5.74, 6) is 0. The lowest BCUT2D eigenvalue weighted by molar-refractivity contribution is 0.669. The molecule has 1 aliphatic heterocycles. The Kier molecular flexibility index (Phi) is 7.60. The largest absolute Gasteiger partial charge is 0.456 e. The molecule has 12 rings (SSSR count). The predicted molar refractivity (Wildman–Crippen MR) is 247 cm³/mol. The SMILES string of the molecule is C1=C(c2cccc3oc4ccc(-c5ccc6c(c5)c5ccc7ccccc7c5n6-c5ccccc5)cc4c23)c2ccccc2N=C(c2ccc(-c3ccccc3)cc2)C1. The topological polar surface area (TPSA) is 30.4 Å². The van der Waals surface area contributed by atoms with Gasteiger partial charge in [0.25, 0.3) is 0 Å². The first-order valence-electron chi connectivity index (χ1n) is 20.3. The Morgan fingerprint density at radius 1 is 0.441 bits per heavy atom. The number of benzene rings is 9. The molecular weight excluding hydrogens is 717 g/mol. The van der Waals surface area contributed by atoms with E-state index in [0.29, 0.717) is 6.42 Å². The highest BCUT2D eigenvalue weighted by Crippen LogP contribution is 2.43. The van der Waals surface area contributed by atoms with Crippen LogP contribution in [0, 0.1) is 0 Å². The molecule has 0 saturated heterocycles. The smallest absolute Gasteiger partial charge is 0.136 e. The molecule has 9 aromatic carbocycles. The molecule has 0 aliphatic carbocycles. The number of furan rings is 1. The van der Waals surface area contributed by atoms with Gasteiger partial charge in [0.2, 0.25) is 0 Å². The van der Waals surface area contributed by atoms with Gasteiger partial charge in [0, 0.05) is 44.6 Å². The van der Waals surface area contributed by atoms with Gasteiger partial charge in [0.15, 0.2) is 0 Å². The highest BCUT2D eigenvalue weighted by molar-refractivity contribution is 6.20. The van der Waals surface area contributed by atoms with Crippen LogP contribution < -0.4 is 0 Å². The van der Waals surface area contributed by atoms with Crippen molar-refractivity contribution in [3.8, 4) is 27.9 Å². The minimum absolute atomic E-state index is 0.706. The Labute approximate surface area is 341 Å². The van der Waals surface area contributed by atoms with Gasteiger partial charge in [0.05, 0.1) is 22.4 Å². The van der Waals surface area contributed by atoms with Gasteiger partial charge >= 0.3 is 0 Å². The maximum atomic E-state index is 6.59. The summed E-state index contributed by atoms with van der Waals surface area (Å²) in [7, 11) is 0. The molecule has 0 N–H and O–H groups in total. The number of aliphatic imine (C=N–C) groups is 1. The van der Waals surface area contributed by atoms with Crippen molar-refractivity contribution in [1.29, 1.82) is 0 Å². The van der Waals surface area contributed by atoms with Crippen molar-refractivity contribution in [1.82, 2.24) is 4.57 Å². The van der Waals surface area contributed by atoms with Crippen molar-refractivity contribution in [2.24, 2.45) is 4.99 Å². The Bertz CT molecular complexity index is 3490. The van der Waals surface area contributed by atoms with Gasteiger partial charge in [-0.3, -0.25) is 4.99 Å². The number of aromatic nitrogens is 1. The number of hydrogen-bond donors (Lipinski definition) is 0. The first-order chi connectivity index (χ1) is 29.2. The molecule has 1 aliphatic rings. The van der Waals surface area contributed by atoms with Crippen LogP contribution in [0.25, 0.3) is 88.0 Å². The third-order valence-electron chi connectivity index (χ3n) is 12.1. The first kappa shape index (κ1) is 33.4. The fourth-order valence-electron chi connectivity index (χ4n) is 9.26. The number of para-hydroxylation sites is 2. The Hall–Kier alpha value is -7.75. The zero-order valence-electron chi connectivity index (χ0n) is 32.1. The Morgan fingerprint density at radius 2 is 1.12 bits per heavy atom. The molecular formula is C56H36N2O. The van der Waals surface area contributed by atoms with Crippen molar-refractivity contribution < 1.29 is 4.42 Å². The molecule has 0 radical (unpaired) electrons. The van der Waals surface area contributed by atoms with E-state index in [9.17, 15) is 0 Å². The maximum absolute atomic E-state index is 6.59. The summed E-state index contributed by atoms with van der Waals surface area (Å²) >= 11 is 0. The van der Waals surface area contributed by atoms with Gasteiger partial charge in [0.1, 0.15) is 11.2 Å². The van der Waals surface area contributed by atoms with Crippen LogP contribution in [0.5, 0.6) is 0 Å². The van der Waals surface area contributed by atoms with E-state index in [0.717, 1.165) is 61.3 Å².